The van der Waals surface area contributed by atoms with Crippen LogP contribution in [0.3, 0.4) is 0 Å². The van der Waals surface area contributed by atoms with E-state index in [2.05, 4.69) is 36.8 Å². The number of hydrogen-bond acceptors (Lipinski definition) is 3. The fourth-order valence-electron chi connectivity index (χ4n) is 1.79. The molecule has 0 bridgehead atoms. The molecule has 0 spiro atoms. The second-order valence-corrected chi connectivity index (χ2v) is 7.59. The predicted molar refractivity (Wildman–Crippen MR) is 87.6 cm³/mol. The van der Waals surface area contributed by atoms with Crippen molar-refractivity contribution in [3.8, 4) is 11.5 Å². The number of hydrogen-bond donors (Lipinski definition) is 0. The number of benzene rings is 2. The molecule has 0 amide bonds. The van der Waals surface area contributed by atoms with Gasteiger partial charge in [0.15, 0.2) is 4.90 Å². The first-order chi connectivity index (χ1) is 9.63. The molecule has 2 nitrogen and oxygen atoms in total. The van der Waals surface area contributed by atoms with Crippen molar-refractivity contribution in [3.05, 3.63) is 42.5 Å². The van der Waals surface area contributed by atoms with Crippen molar-refractivity contribution in [1.82, 2.24) is 0 Å². The second kappa shape index (κ2) is 6.95. The minimum Gasteiger partial charge on any atom is -0.497 e. The lowest BCUT2D eigenvalue weighted by Crippen LogP contribution is -1.99. The molecule has 0 heterocycles. The maximum absolute atomic E-state index is 5.32. The molecule has 0 fully saturated rings. The molecule has 106 valence electrons. The molecule has 0 aliphatic heterocycles. The Hall–Kier alpha value is -1.26. The third-order valence-electron chi connectivity index (χ3n) is 2.88. The summed E-state index contributed by atoms with van der Waals surface area (Å²) >= 11 is 1.78. The van der Waals surface area contributed by atoms with E-state index in [1.807, 2.05) is 18.2 Å². The van der Waals surface area contributed by atoms with E-state index in [0.717, 1.165) is 11.5 Å². The zero-order valence-corrected chi connectivity index (χ0v) is 13.8. The average molecular weight is 307 g/mol. The van der Waals surface area contributed by atoms with E-state index in [9.17, 15) is 0 Å². The normalized spacial score (nSPS) is 10.7. The molecule has 0 saturated carbocycles. The molecule has 0 radical (unpaired) electrons. The summed E-state index contributed by atoms with van der Waals surface area (Å²) in [5.41, 5.74) is 0. The molecule has 0 unspecified atom stereocenters. The highest BCUT2D eigenvalue weighted by atomic mass is 32.2. The monoisotopic (exact) mass is 307 g/mol. The molecule has 20 heavy (non-hydrogen) atoms. The molecular formula is C16H19O2S2+. The van der Waals surface area contributed by atoms with E-state index in [-0.39, 0.29) is 10.9 Å². The van der Waals surface area contributed by atoms with Gasteiger partial charge in [0.05, 0.1) is 19.1 Å². The van der Waals surface area contributed by atoms with Gasteiger partial charge in [-0.2, -0.15) is 0 Å². The smallest absolute Gasteiger partial charge is 0.171 e. The standard InChI is InChI=1S/C16H19O2S2/c1-17-12-5-8-14(9-6-12)19-15-10-7-13(18-2)11-16(15)20(3)4/h5-11H,1-4H3/q+1. The lowest BCUT2D eigenvalue weighted by molar-refractivity contribution is 0.413. The lowest BCUT2D eigenvalue weighted by Gasteiger charge is -2.08. The first kappa shape index (κ1) is 15.1. The topological polar surface area (TPSA) is 18.5 Å². The van der Waals surface area contributed by atoms with Crippen LogP contribution in [-0.2, 0) is 10.9 Å². The fraction of sp³-hybridized carbons (Fsp3) is 0.250. The minimum atomic E-state index is 0.192. The molecule has 2 aromatic rings. The van der Waals surface area contributed by atoms with Crippen LogP contribution in [0, 0.1) is 0 Å². The Morgan fingerprint density at radius 2 is 1.45 bits per heavy atom. The Morgan fingerprint density at radius 1 is 0.850 bits per heavy atom. The van der Waals surface area contributed by atoms with Gasteiger partial charge < -0.3 is 9.47 Å². The minimum absolute atomic E-state index is 0.192. The Kier molecular flexibility index (Phi) is 5.26. The van der Waals surface area contributed by atoms with E-state index in [0.29, 0.717) is 0 Å². The van der Waals surface area contributed by atoms with Crippen molar-refractivity contribution in [2.75, 3.05) is 26.7 Å². The first-order valence-corrected chi connectivity index (χ1v) is 9.07. The predicted octanol–water partition coefficient (Wildman–Crippen LogP) is 4.09. The van der Waals surface area contributed by atoms with Crippen molar-refractivity contribution in [1.29, 1.82) is 0 Å². The van der Waals surface area contributed by atoms with Crippen LogP contribution in [0.25, 0.3) is 0 Å². The molecule has 0 aromatic heterocycles. The van der Waals surface area contributed by atoms with Gasteiger partial charge in [0.25, 0.3) is 0 Å². The van der Waals surface area contributed by atoms with Crippen molar-refractivity contribution in [2.45, 2.75) is 14.7 Å². The largest absolute Gasteiger partial charge is 0.497 e. The van der Waals surface area contributed by atoms with E-state index in [1.54, 1.807) is 26.0 Å². The summed E-state index contributed by atoms with van der Waals surface area (Å²) in [6.45, 7) is 0. The second-order valence-electron chi connectivity index (χ2n) is 4.41. The van der Waals surface area contributed by atoms with Gasteiger partial charge in [-0.3, -0.25) is 0 Å². The van der Waals surface area contributed by atoms with Crippen LogP contribution in [0.4, 0.5) is 0 Å². The SMILES string of the molecule is COc1ccc(Sc2ccc(OC)cc2[S+](C)C)cc1. The third kappa shape index (κ3) is 3.64. The number of rotatable bonds is 5. The highest BCUT2D eigenvalue weighted by Gasteiger charge is 2.17. The van der Waals surface area contributed by atoms with Crippen molar-refractivity contribution >= 4 is 22.7 Å². The van der Waals surface area contributed by atoms with Crippen molar-refractivity contribution < 1.29 is 9.47 Å². The van der Waals surface area contributed by atoms with Gasteiger partial charge in [-0.25, -0.2) is 0 Å². The van der Waals surface area contributed by atoms with Gasteiger partial charge in [0, 0.05) is 21.9 Å². The maximum Gasteiger partial charge on any atom is 0.171 e. The lowest BCUT2D eigenvalue weighted by atomic mass is 10.3. The summed E-state index contributed by atoms with van der Waals surface area (Å²) in [6, 6.07) is 14.4. The average Bonchev–Trinajstić information content (AvgIpc) is 2.48. The van der Waals surface area contributed by atoms with Gasteiger partial charge >= 0.3 is 0 Å². The summed E-state index contributed by atoms with van der Waals surface area (Å²) in [4.78, 5) is 3.83. The van der Waals surface area contributed by atoms with Gasteiger partial charge in [-0.15, -0.1) is 0 Å². The molecule has 0 N–H and O–H groups in total. The summed E-state index contributed by atoms with van der Waals surface area (Å²) in [5, 5.41) is 0. The van der Waals surface area contributed by atoms with Crippen molar-refractivity contribution in [3.63, 3.8) is 0 Å². The Morgan fingerprint density at radius 3 is 2.00 bits per heavy atom. The van der Waals surface area contributed by atoms with Gasteiger partial charge in [0.1, 0.15) is 24.0 Å². The first-order valence-electron chi connectivity index (χ1n) is 6.21. The molecule has 0 aliphatic rings. The molecule has 2 rings (SSSR count). The van der Waals surface area contributed by atoms with Crippen LogP contribution >= 0.6 is 11.8 Å². The van der Waals surface area contributed by atoms with E-state index >= 15 is 0 Å². The van der Waals surface area contributed by atoms with Crippen LogP contribution in [0.2, 0.25) is 0 Å². The van der Waals surface area contributed by atoms with Crippen LogP contribution < -0.4 is 9.47 Å². The molecule has 4 heteroatoms. The number of methoxy groups -OCH3 is 2. The molecule has 0 atom stereocenters. The highest BCUT2D eigenvalue weighted by Crippen LogP contribution is 2.35. The van der Waals surface area contributed by atoms with Crippen molar-refractivity contribution in [2.24, 2.45) is 0 Å². The van der Waals surface area contributed by atoms with Gasteiger partial charge in [-0.05, 0) is 36.4 Å². The Bertz CT molecular complexity index is 565. The van der Waals surface area contributed by atoms with E-state index < -0.39 is 0 Å². The highest BCUT2D eigenvalue weighted by molar-refractivity contribution is 8.01. The summed E-state index contributed by atoms with van der Waals surface area (Å²) in [5.74, 6) is 1.80. The summed E-state index contributed by atoms with van der Waals surface area (Å²) < 4.78 is 10.5. The quantitative estimate of drug-likeness (QED) is 0.775. The van der Waals surface area contributed by atoms with Crippen LogP contribution in [-0.4, -0.2) is 26.7 Å². The van der Waals surface area contributed by atoms with E-state index in [1.165, 1.54) is 14.7 Å². The molecule has 2 aromatic carbocycles. The Labute approximate surface area is 127 Å². The maximum atomic E-state index is 5.32. The van der Waals surface area contributed by atoms with Crippen LogP contribution in [0.15, 0.2) is 57.2 Å². The van der Waals surface area contributed by atoms with Crippen LogP contribution in [0.1, 0.15) is 0 Å². The fourth-order valence-corrected chi connectivity index (χ4v) is 4.06. The number of ether oxygens (including phenoxy) is 2. The molecule has 0 saturated heterocycles. The zero-order valence-electron chi connectivity index (χ0n) is 12.2. The van der Waals surface area contributed by atoms with Gasteiger partial charge in [-0.1, -0.05) is 11.8 Å². The zero-order chi connectivity index (χ0) is 14.5. The van der Waals surface area contributed by atoms with Gasteiger partial charge in [0.2, 0.25) is 0 Å². The summed E-state index contributed by atoms with van der Waals surface area (Å²) in [7, 11) is 3.58. The Balaban J connectivity index is 2.27. The summed E-state index contributed by atoms with van der Waals surface area (Å²) in [6.07, 6.45) is 4.46. The third-order valence-corrected chi connectivity index (χ3v) is 5.31. The van der Waals surface area contributed by atoms with Crippen LogP contribution in [0.5, 0.6) is 11.5 Å². The van der Waals surface area contributed by atoms with E-state index in [4.69, 9.17) is 9.47 Å². The molecule has 0 aliphatic carbocycles. The molecular weight excluding hydrogens is 288 g/mol.